The van der Waals surface area contributed by atoms with Crippen LogP contribution in [0.4, 0.5) is 13.2 Å². The zero-order valence-corrected chi connectivity index (χ0v) is 22.3. The molecule has 0 atom stereocenters. The standard InChI is InChI=1S/C22H21ClF3N5O2.Na.H/c1-21(2,3)18-15(23)17(31(4)30-18)19-27-13-10-12(28-20(32-5)16(13)29-19)11-8-6-7-9-14(11)33-22(24,25)26;;/h6-10H,1-5H3,(H,27,29);;/q;+1;-1. The SMILES string of the molecule is COc1nc(-c2ccccc2OC(F)(F)F)cc2[nH]c(-c3c(Cl)c(C(C)(C)C)nn3C)nc12.[H-].[Na+]. The molecule has 176 valence electrons. The Kier molecular flexibility index (Phi) is 7.29. The van der Waals surface area contributed by atoms with Gasteiger partial charge in [-0.25, -0.2) is 9.97 Å². The molecule has 0 saturated heterocycles. The minimum Gasteiger partial charge on any atom is -1.00 e. The van der Waals surface area contributed by atoms with Gasteiger partial charge in [0.1, 0.15) is 11.4 Å². The number of aromatic amines is 1. The van der Waals surface area contributed by atoms with Crippen LogP contribution >= 0.6 is 11.6 Å². The fraction of sp³-hybridized carbons (Fsp3) is 0.318. The summed E-state index contributed by atoms with van der Waals surface area (Å²) in [6, 6.07) is 7.34. The Morgan fingerprint density at radius 2 is 1.79 bits per heavy atom. The van der Waals surface area contributed by atoms with E-state index in [0.717, 1.165) is 0 Å². The van der Waals surface area contributed by atoms with Crippen LogP contribution in [0.1, 0.15) is 27.9 Å². The molecule has 3 heterocycles. The Labute approximate surface area is 222 Å². The Morgan fingerprint density at radius 1 is 1.12 bits per heavy atom. The van der Waals surface area contributed by atoms with E-state index in [4.69, 9.17) is 16.3 Å². The normalized spacial score (nSPS) is 12.0. The van der Waals surface area contributed by atoms with Crippen molar-refractivity contribution >= 4 is 22.6 Å². The maximum Gasteiger partial charge on any atom is 1.00 e. The number of fused-ring (bicyclic) bond motifs is 1. The first kappa shape index (κ1) is 26.3. The van der Waals surface area contributed by atoms with Gasteiger partial charge in [0.15, 0.2) is 11.3 Å². The molecule has 0 fully saturated rings. The number of pyridine rings is 1. The number of ether oxygens (including phenoxy) is 2. The predicted octanol–water partition coefficient (Wildman–Crippen LogP) is 3.00. The van der Waals surface area contributed by atoms with Gasteiger partial charge in [0.2, 0.25) is 5.88 Å². The van der Waals surface area contributed by atoms with Crippen LogP contribution < -0.4 is 39.0 Å². The summed E-state index contributed by atoms with van der Waals surface area (Å²) in [6.07, 6.45) is -4.84. The van der Waals surface area contributed by atoms with Crippen molar-refractivity contribution in [1.82, 2.24) is 24.7 Å². The number of nitrogens with zero attached hydrogens (tertiary/aromatic N) is 4. The van der Waals surface area contributed by atoms with Crippen molar-refractivity contribution < 1.29 is 53.6 Å². The van der Waals surface area contributed by atoms with E-state index in [9.17, 15) is 13.2 Å². The van der Waals surface area contributed by atoms with E-state index in [-0.39, 0.29) is 59.3 Å². The summed E-state index contributed by atoms with van der Waals surface area (Å²) in [6.45, 7) is 6.01. The maximum atomic E-state index is 12.9. The third kappa shape index (κ3) is 5.05. The van der Waals surface area contributed by atoms with Crippen LogP contribution in [-0.2, 0) is 12.5 Å². The van der Waals surface area contributed by atoms with Gasteiger partial charge in [-0.2, -0.15) is 5.10 Å². The number of alkyl halides is 3. The number of para-hydroxylation sites is 1. The molecule has 0 aliphatic heterocycles. The second kappa shape index (κ2) is 9.41. The number of hydrogen-bond acceptors (Lipinski definition) is 5. The van der Waals surface area contributed by atoms with Crippen molar-refractivity contribution in [2.45, 2.75) is 32.5 Å². The molecule has 34 heavy (non-hydrogen) atoms. The summed E-state index contributed by atoms with van der Waals surface area (Å²) in [4.78, 5) is 12.1. The fourth-order valence-corrected chi connectivity index (χ4v) is 4.04. The second-order valence-electron chi connectivity index (χ2n) is 8.43. The van der Waals surface area contributed by atoms with E-state index < -0.39 is 6.36 Å². The molecule has 0 spiro atoms. The van der Waals surface area contributed by atoms with Gasteiger partial charge in [-0.3, -0.25) is 4.68 Å². The van der Waals surface area contributed by atoms with E-state index >= 15 is 0 Å². The second-order valence-corrected chi connectivity index (χ2v) is 8.81. The third-order valence-corrected chi connectivity index (χ3v) is 5.30. The summed E-state index contributed by atoms with van der Waals surface area (Å²) in [7, 11) is 3.17. The van der Waals surface area contributed by atoms with Crippen molar-refractivity contribution in [3.8, 4) is 34.4 Å². The molecular weight excluding hydrogens is 482 g/mol. The molecule has 0 aliphatic carbocycles. The molecule has 0 amide bonds. The zero-order chi connectivity index (χ0) is 24.1. The average molecular weight is 504 g/mol. The van der Waals surface area contributed by atoms with Crippen LogP contribution in [0, 0.1) is 0 Å². The minimum absolute atomic E-state index is 0. The molecule has 4 aromatic rings. The molecule has 0 unspecified atom stereocenters. The van der Waals surface area contributed by atoms with Crippen LogP contribution in [0.15, 0.2) is 30.3 Å². The van der Waals surface area contributed by atoms with Gasteiger partial charge in [0.05, 0.1) is 29.0 Å². The van der Waals surface area contributed by atoms with Gasteiger partial charge in [-0.1, -0.05) is 44.5 Å². The van der Waals surface area contributed by atoms with Crippen LogP contribution in [0.5, 0.6) is 11.6 Å². The summed E-state index contributed by atoms with van der Waals surface area (Å²) in [5.41, 5.74) is 2.28. The Balaban J connectivity index is 0.00000216. The number of aromatic nitrogens is 5. The van der Waals surface area contributed by atoms with Crippen LogP contribution in [-0.4, -0.2) is 38.2 Å². The predicted molar refractivity (Wildman–Crippen MR) is 120 cm³/mol. The molecule has 1 aromatic carbocycles. The molecule has 0 saturated carbocycles. The van der Waals surface area contributed by atoms with Crippen molar-refractivity contribution in [1.29, 1.82) is 0 Å². The van der Waals surface area contributed by atoms with Gasteiger partial charge in [0.25, 0.3) is 0 Å². The molecular formula is C22H22ClF3N5NaO2. The van der Waals surface area contributed by atoms with Crippen LogP contribution in [0.25, 0.3) is 33.8 Å². The number of halogens is 4. The average Bonchev–Trinajstić information content (AvgIpc) is 3.26. The monoisotopic (exact) mass is 503 g/mol. The third-order valence-electron chi connectivity index (χ3n) is 4.94. The first-order valence-electron chi connectivity index (χ1n) is 9.92. The van der Waals surface area contributed by atoms with Gasteiger partial charge >= 0.3 is 35.9 Å². The van der Waals surface area contributed by atoms with Crippen molar-refractivity contribution in [2.75, 3.05) is 7.11 Å². The molecule has 12 heteroatoms. The number of aryl methyl sites for hydroxylation is 1. The van der Waals surface area contributed by atoms with Gasteiger partial charge in [-0.05, 0) is 18.2 Å². The number of H-pyrrole nitrogens is 1. The van der Waals surface area contributed by atoms with E-state index in [1.54, 1.807) is 23.9 Å². The van der Waals surface area contributed by atoms with Crippen molar-refractivity contribution in [3.63, 3.8) is 0 Å². The fourth-order valence-electron chi connectivity index (χ4n) is 3.50. The zero-order valence-electron chi connectivity index (χ0n) is 20.5. The summed E-state index contributed by atoms with van der Waals surface area (Å²) < 4.78 is 49.8. The number of nitrogens with one attached hydrogen (secondary N) is 1. The first-order valence-corrected chi connectivity index (χ1v) is 10.3. The molecule has 0 bridgehead atoms. The molecule has 4 rings (SSSR count). The van der Waals surface area contributed by atoms with E-state index in [2.05, 4.69) is 24.8 Å². The minimum atomic E-state index is -4.84. The van der Waals surface area contributed by atoms with Crippen LogP contribution in [0.2, 0.25) is 5.02 Å². The topological polar surface area (TPSA) is 77.9 Å². The maximum absolute atomic E-state index is 12.9. The smallest absolute Gasteiger partial charge is 1.00 e. The number of rotatable bonds is 4. The van der Waals surface area contributed by atoms with Crippen LogP contribution in [0.3, 0.4) is 0 Å². The molecule has 0 radical (unpaired) electrons. The molecule has 3 aromatic heterocycles. The molecule has 1 N–H and O–H groups in total. The van der Waals surface area contributed by atoms with Crippen molar-refractivity contribution in [3.05, 3.63) is 41.0 Å². The van der Waals surface area contributed by atoms with Gasteiger partial charge in [0, 0.05) is 18.0 Å². The van der Waals surface area contributed by atoms with Crippen molar-refractivity contribution in [2.24, 2.45) is 7.05 Å². The number of methoxy groups -OCH3 is 1. The Hall–Kier alpha value is -2.27. The first-order chi connectivity index (χ1) is 15.4. The molecule has 0 aliphatic rings. The summed E-state index contributed by atoms with van der Waals surface area (Å²) in [5.74, 6) is 0.196. The van der Waals surface area contributed by atoms with E-state index in [1.165, 1.54) is 25.3 Å². The summed E-state index contributed by atoms with van der Waals surface area (Å²) >= 11 is 6.65. The van der Waals surface area contributed by atoms with Gasteiger partial charge in [-0.15, -0.1) is 13.2 Å². The Bertz CT molecular complexity index is 1350. The van der Waals surface area contributed by atoms with E-state index in [1.807, 2.05) is 20.8 Å². The molecule has 7 nitrogen and oxygen atoms in total. The number of imidazole rings is 1. The number of hydrogen-bond donors (Lipinski definition) is 1. The van der Waals surface area contributed by atoms with E-state index in [0.29, 0.717) is 33.3 Å². The largest absolute Gasteiger partial charge is 1.00 e. The quantitative estimate of drug-likeness (QED) is 0.433. The Morgan fingerprint density at radius 3 is 2.38 bits per heavy atom. The number of benzene rings is 1. The van der Waals surface area contributed by atoms with Gasteiger partial charge < -0.3 is 15.9 Å². The summed E-state index contributed by atoms with van der Waals surface area (Å²) in [5, 5.41) is 4.99.